The van der Waals surface area contributed by atoms with E-state index in [1.165, 1.54) is 6.07 Å². The van der Waals surface area contributed by atoms with E-state index in [2.05, 4.69) is 10.1 Å². The molecular weight excluding hydrogens is 313 g/mol. The summed E-state index contributed by atoms with van der Waals surface area (Å²) in [5, 5.41) is 12.1. The fourth-order valence-corrected chi connectivity index (χ4v) is 2.56. The molecule has 0 bridgehead atoms. The molecule has 1 aromatic carbocycles. The number of halogens is 3. The number of likely N-dealkylation sites (tertiary alicyclic amines) is 1. The number of hydrogen-bond acceptors (Lipinski definition) is 3. The predicted molar refractivity (Wildman–Crippen MR) is 78.0 cm³/mol. The van der Waals surface area contributed by atoms with Crippen LogP contribution in [0.4, 0.5) is 23.7 Å². The van der Waals surface area contributed by atoms with E-state index in [-0.39, 0.29) is 11.6 Å². The van der Waals surface area contributed by atoms with Gasteiger partial charge in [-0.05, 0) is 31.9 Å². The molecule has 1 aliphatic heterocycles. The Hall–Kier alpha value is -1.96. The van der Waals surface area contributed by atoms with Crippen molar-refractivity contribution in [2.24, 2.45) is 5.92 Å². The van der Waals surface area contributed by atoms with Crippen molar-refractivity contribution in [2.75, 3.05) is 18.4 Å². The summed E-state index contributed by atoms with van der Waals surface area (Å²) in [5.41, 5.74) is 0.147. The number of hydrogen-bond donors (Lipinski definition) is 2. The van der Waals surface area contributed by atoms with Gasteiger partial charge in [-0.15, -0.1) is 0 Å². The van der Waals surface area contributed by atoms with Crippen molar-refractivity contribution >= 4 is 11.7 Å². The summed E-state index contributed by atoms with van der Waals surface area (Å²) in [6.07, 6.45) is 1.11. The van der Waals surface area contributed by atoms with E-state index in [0.29, 0.717) is 13.1 Å². The molecule has 128 valence electrons. The van der Waals surface area contributed by atoms with Crippen LogP contribution in [0.3, 0.4) is 0 Å². The van der Waals surface area contributed by atoms with Crippen LogP contribution in [0.2, 0.25) is 0 Å². The Bertz CT molecular complexity index is 555. The number of aliphatic hydroxyl groups excluding tert-OH is 1. The lowest BCUT2D eigenvalue weighted by Crippen LogP contribution is -2.44. The Labute approximate surface area is 132 Å². The van der Waals surface area contributed by atoms with Crippen molar-refractivity contribution in [2.45, 2.75) is 32.5 Å². The average molecular weight is 332 g/mol. The third kappa shape index (κ3) is 4.75. The smallest absolute Gasteiger partial charge is 0.387 e. The number of piperidine rings is 1. The van der Waals surface area contributed by atoms with Crippen LogP contribution in [-0.2, 0) is 0 Å². The third-order valence-electron chi connectivity index (χ3n) is 3.83. The van der Waals surface area contributed by atoms with E-state index in [1.54, 1.807) is 11.8 Å². The van der Waals surface area contributed by atoms with Gasteiger partial charge in [0.2, 0.25) is 0 Å². The van der Waals surface area contributed by atoms with Crippen LogP contribution >= 0.6 is 0 Å². The summed E-state index contributed by atoms with van der Waals surface area (Å²) in [5.74, 6) is -1.55. The second kappa shape index (κ2) is 7.54. The van der Waals surface area contributed by atoms with Crippen LogP contribution in [0.15, 0.2) is 18.2 Å². The Morgan fingerprint density at radius 2 is 2.22 bits per heavy atom. The van der Waals surface area contributed by atoms with E-state index in [0.717, 1.165) is 25.0 Å². The normalized spacial score (nSPS) is 19.6. The minimum atomic E-state index is -3.12. The quantitative estimate of drug-likeness (QED) is 0.891. The average Bonchev–Trinajstić information content (AvgIpc) is 2.49. The number of ether oxygens (including phenoxy) is 1. The van der Waals surface area contributed by atoms with Crippen molar-refractivity contribution in [3.63, 3.8) is 0 Å². The van der Waals surface area contributed by atoms with Crippen LogP contribution in [0.5, 0.6) is 5.75 Å². The Morgan fingerprint density at radius 1 is 1.48 bits per heavy atom. The monoisotopic (exact) mass is 332 g/mol. The van der Waals surface area contributed by atoms with Crippen LogP contribution in [0.25, 0.3) is 0 Å². The van der Waals surface area contributed by atoms with E-state index in [1.807, 2.05) is 0 Å². The zero-order chi connectivity index (χ0) is 17.0. The summed E-state index contributed by atoms with van der Waals surface area (Å²) in [6, 6.07) is 2.82. The number of benzene rings is 1. The number of carbonyl (C=O) groups is 1. The fraction of sp³-hybridized carbons (Fsp3) is 0.533. The van der Waals surface area contributed by atoms with Crippen molar-refractivity contribution < 1.29 is 27.8 Å². The molecule has 8 heteroatoms. The van der Waals surface area contributed by atoms with Crippen LogP contribution in [0.1, 0.15) is 19.8 Å². The SMILES string of the molecule is CC(O)C1CCCN(C(=O)Nc2ccc(OC(F)F)c(F)c2)C1. The topological polar surface area (TPSA) is 61.8 Å². The van der Waals surface area contributed by atoms with Gasteiger partial charge in [0.25, 0.3) is 0 Å². The number of alkyl halides is 2. The van der Waals surface area contributed by atoms with Crippen molar-refractivity contribution in [3.8, 4) is 5.75 Å². The number of nitrogens with zero attached hydrogens (tertiary/aromatic N) is 1. The molecule has 0 saturated carbocycles. The largest absolute Gasteiger partial charge is 0.432 e. The molecule has 2 unspecified atom stereocenters. The van der Waals surface area contributed by atoms with Crippen LogP contribution < -0.4 is 10.1 Å². The van der Waals surface area contributed by atoms with Gasteiger partial charge < -0.3 is 20.1 Å². The van der Waals surface area contributed by atoms with Gasteiger partial charge in [-0.2, -0.15) is 8.78 Å². The van der Waals surface area contributed by atoms with E-state index >= 15 is 0 Å². The Kier molecular flexibility index (Phi) is 5.70. The number of rotatable bonds is 4. The first-order valence-corrected chi connectivity index (χ1v) is 7.35. The van der Waals surface area contributed by atoms with Crippen LogP contribution in [-0.4, -0.2) is 41.8 Å². The first-order valence-electron chi connectivity index (χ1n) is 7.35. The summed E-state index contributed by atoms with van der Waals surface area (Å²) in [6.45, 7) is -0.470. The minimum Gasteiger partial charge on any atom is -0.432 e. The molecule has 2 rings (SSSR count). The third-order valence-corrected chi connectivity index (χ3v) is 3.83. The minimum absolute atomic E-state index is 0.00746. The van der Waals surface area contributed by atoms with Gasteiger partial charge in [0.05, 0.1) is 6.10 Å². The van der Waals surface area contributed by atoms with E-state index < -0.39 is 30.3 Å². The first kappa shape index (κ1) is 17.4. The first-order chi connectivity index (χ1) is 10.9. The molecular formula is C15H19F3N2O3. The van der Waals surface area contributed by atoms with E-state index in [9.17, 15) is 23.1 Å². The summed E-state index contributed by atoms with van der Waals surface area (Å²) < 4.78 is 41.8. The highest BCUT2D eigenvalue weighted by molar-refractivity contribution is 5.89. The Morgan fingerprint density at radius 3 is 2.83 bits per heavy atom. The van der Waals surface area contributed by atoms with Gasteiger partial charge in [-0.3, -0.25) is 0 Å². The van der Waals surface area contributed by atoms with Gasteiger partial charge >= 0.3 is 12.6 Å². The zero-order valence-electron chi connectivity index (χ0n) is 12.6. The van der Waals surface area contributed by atoms with Gasteiger partial charge in [0.15, 0.2) is 11.6 Å². The highest BCUT2D eigenvalue weighted by Gasteiger charge is 2.26. The Balaban J connectivity index is 1.98. The molecule has 5 nitrogen and oxygen atoms in total. The van der Waals surface area contributed by atoms with Gasteiger partial charge in [0.1, 0.15) is 0 Å². The number of amides is 2. The summed E-state index contributed by atoms with van der Waals surface area (Å²) in [7, 11) is 0. The number of aliphatic hydroxyl groups is 1. The number of carbonyl (C=O) groups excluding carboxylic acids is 1. The number of nitrogens with one attached hydrogen (secondary N) is 1. The maximum Gasteiger partial charge on any atom is 0.387 e. The second-order valence-electron chi connectivity index (χ2n) is 5.54. The molecule has 0 aromatic heterocycles. The molecule has 1 saturated heterocycles. The lowest BCUT2D eigenvalue weighted by molar-refractivity contribution is -0.0521. The lowest BCUT2D eigenvalue weighted by atomic mass is 9.94. The molecule has 0 aliphatic carbocycles. The van der Waals surface area contributed by atoms with Crippen molar-refractivity contribution in [1.82, 2.24) is 4.90 Å². The number of anilines is 1. The molecule has 1 heterocycles. The summed E-state index contributed by atoms with van der Waals surface area (Å²) >= 11 is 0. The summed E-state index contributed by atoms with van der Waals surface area (Å²) in [4.78, 5) is 13.7. The van der Waals surface area contributed by atoms with E-state index in [4.69, 9.17) is 0 Å². The molecule has 0 spiro atoms. The molecule has 1 fully saturated rings. The standard InChI is InChI=1S/C15H19F3N2O3/c1-9(21)10-3-2-6-20(8-10)15(22)19-11-4-5-13(12(16)7-11)23-14(17)18/h4-5,7,9-10,14,21H,2-3,6,8H2,1H3,(H,19,22). The second-order valence-corrected chi connectivity index (χ2v) is 5.54. The number of urea groups is 1. The highest BCUT2D eigenvalue weighted by atomic mass is 19.3. The van der Waals surface area contributed by atoms with Crippen molar-refractivity contribution in [3.05, 3.63) is 24.0 Å². The molecule has 1 aliphatic rings. The highest BCUT2D eigenvalue weighted by Crippen LogP contribution is 2.24. The zero-order valence-corrected chi connectivity index (χ0v) is 12.6. The van der Waals surface area contributed by atoms with Crippen molar-refractivity contribution in [1.29, 1.82) is 0 Å². The van der Waals surface area contributed by atoms with Gasteiger partial charge in [-0.1, -0.05) is 0 Å². The molecule has 2 amide bonds. The lowest BCUT2D eigenvalue weighted by Gasteiger charge is -2.34. The predicted octanol–water partition coefficient (Wildman–Crippen LogP) is 3.05. The molecule has 2 N–H and O–H groups in total. The maximum atomic E-state index is 13.6. The molecule has 23 heavy (non-hydrogen) atoms. The van der Waals surface area contributed by atoms with Gasteiger partial charge in [0, 0.05) is 30.8 Å². The molecule has 1 aromatic rings. The maximum absolute atomic E-state index is 13.6. The fourth-order valence-electron chi connectivity index (χ4n) is 2.56. The van der Waals surface area contributed by atoms with Gasteiger partial charge in [-0.25, -0.2) is 9.18 Å². The molecule has 2 atom stereocenters. The molecule has 0 radical (unpaired) electrons. The van der Waals surface area contributed by atoms with Crippen LogP contribution in [0, 0.1) is 11.7 Å².